The molecule has 1 aromatic rings. The van der Waals surface area contributed by atoms with Gasteiger partial charge in [-0.3, -0.25) is 0 Å². The summed E-state index contributed by atoms with van der Waals surface area (Å²) < 4.78 is 11.3. The second-order valence-corrected chi connectivity index (χ2v) is 6.05. The summed E-state index contributed by atoms with van der Waals surface area (Å²) in [6.07, 6.45) is 7.31. The SMILES string of the molecule is CCOC(c1noc(CC2CNC2)n1)C1CCCCC1. The van der Waals surface area contributed by atoms with Gasteiger partial charge in [0.15, 0.2) is 0 Å². The molecule has 2 fully saturated rings. The Bertz CT molecular complexity index is 411. The third-order valence-electron chi connectivity index (χ3n) is 4.49. The Hall–Kier alpha value is -0.940. The first-order valence-electron chi connectivity index (χ1n) is 8.01. The van der Waals surface area contributed by atoms with Crippen LogP contribution in [0, 0.1) is 11.8 Å². The largest absolute Gasteiger partial charge is 0.370 e. The first-order chi connectivity index (χ1) is 9.86. The lowest BCUT2D eigenvalue weighted by atomic mass is 9.85. The zero-order chi connectivity index (χ0) is 13.8. The van der Waals surface area contributed by atoms with Gasteiger partial charge in [0.1, 0.15) is 6.10 Å². The Labute approximate surface area is 120 Å². The summed E-state index contributed by atoms with van der Waals surface area (Å²) >= 11 is 0. The highest BCUT2D eigenvalue weighted by Crippen LogP contribution is 2.35. The van der Waals surface area contributed by atoms with Gasteiger partial charge in [0.2, 0.25) is 11.7 Å². The molecule has 112 valence electrons. The van der Waals surface area contributed by atoms with Crippen molar-refractivity contribution in [3.8, 4) is 0 Å². The first-order valence-corrected chi connectivity index (χ1v) is 8.01. The van der Waals surface area contributed by atoms with Gasteiger partial charge in [0.25, 0.3) is 0 Å². The lowest BCUT2D eigenvalue weighted by molar-refractivity contribution is -0.00145. The van der Waals surface area contributed by atoms with Crippen LogP contribution in [-0.2, 0) is 11.2 Å². The Morgan fingerprint density at radius 2 is 2.10 bits per heavy atom. The van der Waals surface area contributed by atoms with Gasteiger partial charge >= 0.3 is 0 Å². The van der Waals surface area contributed by atoms with Crippen molar-refractivity contribution in [2.24, 2.45) is 11.8 Å². The van der Waals surface area contributed by atoms with E-state index in [-0.39, 0.29) is 6.10 Å². The van der Waals surface area contributed by atoms with E-state index in [0.717, 1.165) is 31.2 Å². The second-order valence-electron chi connectivity index (χ2n) is 6.05. The third kappa shape index (κ3) is 3.20. The van der Waals surface area contributed by atoms with Crippen LogP contribution >= 0.6 is 0 Å². The molecule has 1 aliphatic heterocycles. The van der Waals surface area contributed by atoms with Crippen molar-refractivity contribution in [1.29, 1.82) is 0 Å². The summed E-state index contributed by atoms with van der Waals surface area (Å²) in [5, 5.41) is 7.46. The average molecular weight is 279 g/mol. The molecule has 5 nitrogen and oxygen atoms in total. The van der Waals surface area contributed by atoms with Gasteiger partial charge in [0.05, 0.1) is 0 Å². The summed E-state index contributed by atoms with van der Waals surface area (Å²) in [6.45, 7) is 4.87. The molecular formula is C15H25N3O2. The van der Waals surface area contributed by atoms with E-state index in [1.807, 2.05) is 6.92 Å². The monoisotopic (exact) mass is 279 g/mol. The maximum Gasteiger partial charge on any atom is 0.227 e. The van der Waals surface area contributed by atoms with Crippen LogP contribution in [0.1, 0.15) is 56.8 Å². The standard InChI is InChI=1S/C15H25N3O2/c1-2-19-14(12-6-4-3-5-7-12)15-17-13(20-18-15)8-11-9-16-10-11/h11-12,14,16H,2-10H2,1H3. The summed E-state index contributed by atoms with van der Waals surface area (Å²) in [6, 6.07) is 0. The lowest BCUT2D eigenvalue weighted by Gasteiger charge is -2.27. The fourth-order valence-corrected chi connectivity index (χ4v) is 3.24. The maximum absolute atomic E-state index is 5.93. The molecule has 2 heterocycles. The van der Waals surface area contributed by atoms with E-state index in [1.54, 1.807) is 0 Å². The molecule has 1 saturated carbocycles. The topological polar surface area (TPSA) is 60.2 Å². The molecule has 5 heteroatoms. The van der Waals surface area contributed by atoms with E-state index in [2.05, 4.69) is 15.5 Å². The molecule has 1 unspecified atom stereocenters. The minimum absolute atomic E-state index is 0.0253. The number of rotatable bonds is 6. The Kier molecular flexibility index (Phi) is 4.68. The maximum atomic E-state index is 5.93. The van der Waals surface area contributed by atoms with Crippen LogP contribution < -0.4 is 5.32 Å². The van der Waals surface area contributed by atoms with Gasteiger partial charge in [-0.05, 0) is 44.7 Å². The fourth-order valence-electron chi connectivity index (χ4n) is 3.24. The third-order valence-corrected chi connectivity index (χ3v) is 4.49. The van der Waals surface area contributed by atoms with Crippen LogP contribution in [0.3, 0.4) is 0 Å². The number of aromatic nitrogens is 2. The molecule has 20 heavy (non-hydrogen) atoms. The lowest BCUT2D eigenvalue weighted by Crippen LogP contribution is -2.43. The molecule has 0 aromatic carbocycles. The summed E-state index contributed by atoms with van der Waals surface area (Å²) in [5.74, 6) is 2.75. The quantitative estimate of drug-likeness (QED) is 0.867. The number of hydrogen-bond donors (Lipinski definition) is 1. The summed E-state index contributed by atoms with van der Waals surface area (Å²) in [7, 11) is 0. The molecule has 0 bridgehead atoms. The highest BCUT2D eigenvalue weighted by Gasteiger charge is 2.30. The molecule has 1 saturated heterocycles. The normalized spacial score (nSPS) is 22.6. The van der Waals surface area contributed by atoms with Crippen molar-refractivity contribution < 1.29 is 9.26 Å². The van der Waals surface area contributed by atoms with Crippen molar-refractivity contribution >= 4 is 0 Å². The van der Waals surface area contributed by atoms with Gasteiger partial charge in [0, 0.05) is 13.0 Å². The molecule has 1 N–H and O–H groups in total. The number of nitrogens with zero attached hydrogens (tertiary/aromatic N) is 2. The van der Waals surface area contributed by atoms with E-state index < -0.39 is 0 Å². The average Bonchev–Trinajstić information content (AvgIpc) is 2.90. The smallest absolute Gasteiger partial charge is 0.227 e. The Balaban J connectivity index is 1.66. The minimum Gasteiger partial charge on any atom is -0.370 e. The predicted molar refractivity (Wildman–Crippen MR) is 75.3 cm³/mol. The van der Waals surface area contributed by atoms with Crippen LogP contribution in [0.25, 0.3) is 0 Å². The van der Waals surface area contributed by atoms with Gasteiger partial charge in [-0.25, -0.2) is 0 Å². The van der Waals surface area contributed by atoms with Crippen molar-refractivity contribution in [2.45, 2.75) is 51.6 Å². The van der Waals surface area contributed by atoms with Crippen LogP contribution in [-0.4, -0.2) is 29.8 Å². The van der Waals surface area contributed by atoms with Crippen molar-refractivity contribution in [3.05, 3.63) is 11.7 Å². The van der Waals surface area contributed by atoms with E-state index in [1.165, 1.54) is 32.1 Å². The molecule has 1 aromatic heterocycles. The molecule has 0 spiro atoms. The first kappa shape index (κ1) is 14.0. The van der Waals surface area contributed by atoms with Crippen molar-refractivity contribution in [1.82, 2.24) is 15.5 Å². The number of nitrogens with one attached hydrogen (secondary N) is 1. The van der Waals surface area contributed by atoms with Gasteiger partial charge in [-0.15, -0.1) is 0 Å². The van der Waals surface area contributed by atoms with Crippen LogP contribution in [0.5, 0.6) is 0 Å². The van der Waals surface area contributed by atoms with E-state index in [4.69, 9.17) is 9.26 Å². The van der Waals surface area contributed by atoms with Crippen LogP contribution in [0.4, 0.5) is 0 Å². The highest BCUT2D eigenvalue weighted by atomic mass is 16.5. The summed E-state index contributed by atoms with van der Waals surface area (Å²) in [5.41, 5.74) is 0. The molecule has 2 aliphatic rings. The van der Waals surface area contributed by atoms with Crippen molar-refractivity contribution in [3.63, 3.8) is 0 Å². The molecule has 3 rings (SSSR count). The number of ether oxygens (including phenoxy) is 1. The van der Waals surface area contributed by atoms with Gasteiger partial charge < -0.3 is 14.6 Å². The highest BCUT2D eigenvalue weighted by molar-refractivity contribution is 4.97. The van der Waals surface area contributed by atoms with E-state index >= 15 is 0 Å². The van der Waals surface area contributed by atoms with Crippen LogP contribution in [0.2, 0.25) is 0 Å². The molecule has 1 aliphatic carbocycles. The van der Waals surface area contributed by atoms with Gasteiger partial charge in [-0.1, -0.05) is 24.4 Å². The molecule has 1 atom stereocenters. The van der Waals surface area contributed by atoms with Gasteiger partial charge in [-0.2, -0.15) is 4.98 Å². The predicted octanol–water partition coefficient (Wildman–Crippen LogP) is 2.49. The van der Waals surface area contributed by atoms with Crippen molar-refractivity contribution in [2.75, 3.05) is 19.7 Å². The molecule has 0 amide bonds. The molecular weight excluding hydrogens is 254 g/mol. The van der Waals surface area contributed by atoms with Crippen LogP contribution in [0.15, 0.2) is 4.52 Å². The Morgan fingerprint density at radius 3 is 2.75 bits per heavy atom. The van der Waals surface area contributed by atoms with E-state index in [0.29, 0.717) is 18.4 Å². The zero-order valence-electron chi connectivity index (χ0n) is 12.3. The zero-order valence-corrected chi connectivity index (χ0v) is 12.3. The summed E-state index contributed by atoms with van der Waals surface area (Å²) in [4.78, 5) is 4.60. The number of hydrogen-bond acceptors (Lipinski definition) is 5. The van der Waals surface area contributed by atoms with E-state index in [9.17, 15) is 0 Å². The fraction of sp³-hybridized carbons (Fsp3) is 0.867. The Morgan fingerprint density at radius 1 is 1.30 bits per heavy atom. The minimum atomic E-state index is 0.0253. The second kappa shape index (κ2) is 6.68. The molecule has 0 radical (unpaired) electrons.